The Morgan fingerprint density at radius 1 is 1.47 bits per heavy atom. The van der Waals surface area contributed by atoms with Gasteiger partial charge in [-0.3, -0.25) is 0 Å². The summed E-state index contributed by atoms with van der Waals surface area (Å²) in [6, 6.07) is 6.71. The van der Waals surface area contributed by atoms with E-state index in [2.05, 4.69) is 10.5 Å². The molecule has 0 aliphatic heterocycles. The van der Waals surface area contributed by atoms with Gasteiger partial charge in [0.15, 0.2) is 0 Å². The fourth-order valence-corrected chi connectivity index (χ4v) is 1.30. The summed E-state index contributed by atoms with van der Waals surface area (Å²) in [5.74, 6) is 0. The van der Waals surface area contributed by atoms with Crippen LogP contribution >= 0.6 is 0 Å². The number of carbonyl (C=O) groups is 1. The van der Waals surface area contributed by atoms with Crippen LogP contribution in [0.3, 0.4) is 0 Å². The highest BCUT2D eigenvalue weighted by molar-refractivity contribution is 5.97. The maximum absolute atomic E-state index is 10.4. The molecule has 0 unspecified atom stereocenters. The highest BCUT2D eigenvalue weighted by Gasteiger charge is 1.99. The van der Waals surface area contributed by atoms with Gasteiger partial charge in [-0.1, -0.05) is 12.1 Å². The van der Waals surface area contributed by atoms with Crippen molar-refractivity contribution in [1.29, 1.82) is 0 Å². The average Bonchev–Trinajstić information content (AvgIpc) is 2.65. The monoisotopic (exact) mass is 203 g/mol. The number of amides is 2. The third-order valence-electron chi connectivity index (χ3n) is 1.91. The van der Waals surface area contributed by atoms with Crippen molar-refractivity contribution >= 4 is 23.2 Å². The van der Waals surface area contributed by atoms with Crippen molar-refractivity contribution in [1.82, 2.24) is 5.43 Å². The standard InChI is InChI=1S/C10H9N3O2/c11-10(14)13-12-6-7-2-1-3-9-8(7)4-5-15-9/h1-6H,(H3,11,13,14). The van der Waals surface area contributed by atoms with Gasteiger partial charge < -0.3 is 10.2 Å². The number of fused-ring (bicyclic) bond motifs is 1. The van der Waals surface area contributed by atoms with Crippen LogP contribution in [0.15, 0.2) is 40.0 Å². The van der Waals surface area contributed by atoms with E-state index in [1.54, 1.807) is 6.26 Å². The smallest absolute Gasteiger partial charge is 0.332 e. The number of hydrogen-bond acceptors (Lipinski definition) is 3. The van der Waals surface area contributed by atoms with Crippen LogP contribution in [0, 0.1) is 0 Å². The number of nitrogens with one attached hydrogen (secondary N) is 1. The molecule has 0 saturated heterocycles. The number of primary amides is 1. The fourth-order valence-electron chi connectivity index (χ4n) is 1.30. The van der Waals surface area contributed by atoms with E-state index >= 15 is 0 Å². The number of urea groups is 1. The molecule has 0 atom stereocenters. The van der Waals surface area contributed by atoms with E-state index in [1.807, 2.05) is 24.3 Å². The molecule has 2 aromatic rings. The number of rotatable bonds is 2. The van der Waals surface area contributed by atoms with Crippen molar-refractivity contribution in [2.45, 2.75) is 0 Å². The third kappa shape index (κ3) is 1.96. The van der Waals surface area contributed by atoms with Crippen molar-refractivity contribution in [2.24, 2.45) is 10.8 Å². The molecule has 2 amide bonds. The predicted molar refractivity (Wildman–Crippen MR) is 56.5 cm³/mol. The minimum absolute atomic E-state index is 0.689. The highest BCUT2D eigenvalue weighted by atomic mass is 16.3. The highest BCUT2D eigenvalue weighted by Crippen LogP contribution is 2.17. The lowest BCUT2D eigenvalue weighted by molar-refractivity contribution is 0.249. The van der Waals surface area contributed by atoms with Gasteiger partial charge in [-0.2, -0.15) is 5.10 Å². The van der Waals surface area contributed by atoms with Crippen LogP contribution in [-0.2, 0) is 0 Å². The van der Waals surface area contributed by atoms with Gasteiger partial charge in [-0.05, 0) is 12.1 Å². The van der Waals surface area contributed by atoms with Crippen LogP contribution in [0.2, 0.25) is 0 Å². The van der Waals surface area contributed by atoms with E-state index in [0.717, 1.165) is 16.5 Å². The van der Waals surface area contributed by atoms with Gasteiger partial charge in [0.2, 0.25) is 0 Å². The largest absolute Gasteiger partial charge is 0.464 e. The summed E-state index contributed by atoms with van der Waals surface area (Å²) in [5, 5.41) is 4.62. The Hall–Kier alpha value is -2.30. The van der Waals surface area contributed by atoms with Gasteiger partial charge in [0, 0.05) is 10.9 Å². The molecule has 15 heavy (non-hydrogen) atoms. The minimum atomic E-state index is -0.689. The molecule has 5 heteroatoms. The Bertz CT molecular complexity index is 516. The van der Waals surface area contributed by atoms with E-state index in [9.17, 15) is 4.79 Å². The zero-order valence-electron chi connectivity index (χ0n) is 7.81. The lowest BCUT2D eigenvalue weighted by Gasteiger charge is -1.95. The van der Waals surface area contributed by atoms with Crippen LogP contribution in [0.1, 0.15) is 5.56 Å². The lowest BCUT2D eigenvalue weighted by atomic mass is 10.1. The second kappa shape index (κ2) is 3.83. The van der Waals surface area contributed by atoms with Crippen LogP contribution in [0.25, 0.3) is 11.0 Å². The predicted octanol–water partition coefficient (Wildman–Crippen LogP) is 1.43. The molecule has 0 aliphatic rings. The number of benzene rings is 1. The molecule has 2 rings (SSSR count). The molecule has 1 aromatic carbocycles. The van der Waals surface area contributed by atoms with Crippen molar-refractivity contribution in [3.8, 4) is 0 Å². The normalized spacial score (nSPS) is 10.9. The number of hydrazone groups is 1. The van der Waals surface area contributed by atoms with E-state index in [0.29, 0.717) is 0 Å². The SMILES string of the molecule is NC(=O)NN=Cc1cccc2occc12. The second-order valence-corrected chi connectivity index (χ2v) is 2.91. The Kier molecular flexibility index (Phi) is 2.37. The summed E-state index contributed by atoms with van der Waals surface area (Å²) in [6.07, 6.45) is 3.12. The molecule has 0 aliphatic carbocycles. The molecule has 0 bridgehead atoms. The Morgan fingerprint density at radius 2 is 2.33 bits per heavy atom. The average molecular weight is 203 g/mol. The van der Waals surface area contributed by atoms with Gasteiger partial charge in [-0.25, -0.2) is 10.2 Å². The first-order valence-corrected chi connectivity index (χ1v) is 4.32. The first-order valence-electron chi connectivity index (χ1n) is 4.32. The van der Waals surface area contributed by atoms with Crippen molar-refractivity contribution in [2.75, 3.05) is 0 Å². The van der Waals surface area contributed by atoms with Crippen LogP contribution in [0.5, 0.6) is 0 Å². The molecule has 0 spiro atoms. The first-order chi connectivity index (χ1) is 7.27. The molecule has 0 fully saturated rings. The van der Waals surface area contributed by atoms with Crippen molar-refractivity contribution < 1.29 is 9.21 Å². The van der Waals surface area contributed by atoms with Crippen molar-refractivity contribution in [3.63, 3.8) is 0 Å². The Labute approximate surface area is 85.6 Å². The van der Waals surface area contributed by atoms with Crippen LogP contribution in [-0.4, -0.2) is 12.2 Å². The number of carbonyl (C=O) groups excluding carboxylic acids is 1. The van der Waals surface area contributed by atoms with E-state index in [1.165, 1.54) is 6.21 Å². The molecular formula is C10H9N3O2. The molecule has 0 radical (unpaired) electrons. The number of hydrogen-bond donors (Lipinski definition) is 2. The van der Waals surface area contributed by atoms with Gasteiger partial charge in [0.25, 0.3) is 0 Å². The lowest BCUT2D eigenvalue weighted by Crippen LogP contribution is -2.24. The van der Waals surface area contributed by atoms with E-state index in [4.69, 9.17) is 10.2 Å². The number of nitrogens with two attached hydrogens (primary N) is 1. The molecule has 1 heterocycles. The quantitative estimate of drug-likeness (QED) is 0.572. The molecule has 1 aromatic heterocycles. The van der Waals surface area contributed by atoms with E-state index in [-0.39, 0.29) is 0 Å². The summed E-state index contributed by atoms with van der Waals surface area (Å²) >= 11 is 0. The summed E-state index contributed by atoms with van der Waals surface area (Å²) in [6.45, 7) is 0. The zero-order chi connectivity index (χ0) is 10.7. The number of nitrogens with zero attached hydrogens (tertiary/aromatic N) is 1. The summed E-state index contributed by atoms with van der Waals surface area (Å²) in [5.41, 5.74) is 8.63. The summed E-state index contributed by atoms with van der Waals surface area (Å²) in [4.78, 5) is 10.4. The molecular weight excluding hydrogens is 194 g/mol. The molecule has 3 N–H and O–H groups in total. The van der Waals surface area contributed by atoms with Crippen LogP contribution in [0.4, 0.5) is 4.79 Å². The molecule has 76 valence electrons. The summed E-state index contributed by atoms with van der Waals surface area (Å²) < 4.78 is 5.21. The molecule has 0 saturated carbocycles. The third-order valence-corrected chi connectivity index (χ3v) is 1.91. The topological polar surface area (TPSA) is 80.6 Å². The van der Waals surface area contributed by atoms with Crippen LogP contribution < -0.4 is 11.2 Å². The van der Waals surface area contributed by atoms with Gasteiger partial charge >= 0.3 is 6.03 Å². The zero-order valence-corrected chi connectivity index (χ0v) is 7.81. The van der Waals surface area contributed by atoms with Crippen molar-refractivity contribution in [3.05, 3.63) is 36.1 Å². The molecule has 5 nitrogen and oxygen atoms in total. The summed E-state index contributed by atoms with van der Waals surface area (Å²) in [7, 11) is 0. The Morgan fingerprint density at radius 3 is 3.13 bits per heavy atom. The number of furan rings is 1. The maximum atomic E-state index is 10.4. The first kappa shape index (κ1) is 9.26. The second-order valence-electron chi connectivity index (χ2n) is 2.91. The van der Waals surface area contributed by atoms with Gasteiger partial charge in [0.1, 0.15) is 5.58 Å². The van der Waals surface area contributed by atoms with Gasteiger partial charge in [-0.15, -0.1) is 0 Å². The maximum Gasteiger partial charge on any atom is 0.332 e. The Balaban J connectivity index is 2.31. The van der Waals surface area contributed by atoms with E-state index < -0.39 is 6.03 Å². The fraction of sp³-hybridized carbons (Fsp3) is 0. The minimum Gasteiger partial charge on any atom is -0.464 e. The van der Waals surface area contributed by atoms with Gasteiger partial charge in [0.05, 0.1) is 12.5 Å².